The lowest BCUT2D eigenvalue weighted by molar-refractivity contribution is 0.180. The SMILES string of the molecule is CCCCCCCCCCCCC(CCOC)NCCC. The smallest absolute Gasteiger partial charge is 0.0477 e. The van der Waals surface area contributed by atoms with Crippen molar-refractivity contribution in [3.8, 4) is 0 Å². The fraction of sp³-hybridized carbons (Fsp3) is 1.00. The van der Waals surface area contributed by atoms with E-state index >= 15 is 0 Å². The Hall–Kier alpha value is -0.0800. The van der Waals surface area contributed by atoms with Gasteiger partial charge in [-0.2, -0.15) is 0 Å². The van der Waals surface area contributed by atoms with Crippen LogP contribution in [0.2, 0.25) is 0 Å². The third kappa shape index (κ3) is 16.1. The van der Waals surface area contributed by atoms with Gasteiger partial charge in [0.15, 0.2) is 0 Å². The molecule has 0 aliphatic heterocycles. The van der Waals surface area contributed by atoms with E-state index in [2.05, 4.69) is 19.2 Å². The van der Waals surface area contributed by atoms with Crippen molar-refractivity contribution < 1.29 is 4.74 Å². The fourth-order valence-electron chi connectivity index (χ4n) is 2.84. The summed E-state index contributed by atoms with van der Waals surface area (Å²) < 4.78 is 5.21. The molecule has 0 spiro atoms. The van der Waals surface area contributed by atoms with Gasteiger partial charge in [0.1, 0.15) is 0 Å². The highest BCUT2D eigenvalue weighted by molar-refractivity contribution is 4.66. The lowest BCUT2D eigenvalue weighted by atomic mass is 10.0. The van der Waals surface area contributed by atoms with Gasteiger partial charge in [-0.05, 0) is 25.8 Å². The lowest BCUT2D eigenvalue weighted by Crippen LogP contribution is -2.30. The Morgan fingerprint density at radius 2 is 1.29 bits per heavy atom. The molecule has 0 saturated heterocycles. The molecular weight excluding hydrogens is 258 g/mol. The Balaban J connectivity index is 3.35. The first-order chi connectivity index (χ1) is 10.3. The third-order valence-corrected chi connectivity index (χ3v) is 4.26. The molecule has 0 aromatic heterocycles. The monoisotopic (exact) mass is 299 g/mol. The van der Waals surface area contributed by atoms with Crippen molar-refractivity contribution in [1.82, 2.24) is 5.32 Å². The maximum atomic E-state index is 5.21. The Bertz CT molecular complexity index is 176. The summed E-state index contributed by atoms with van der Waals surface area (Å²) in [5.74, 6) is 0. The normalized spacial score (nSPS) is 12.7. The minimum atomic E-state index is 0.666. The number of methoxy groups -OCH3 is 1. The molecule has 0 aliphatic rings. The molecule has 0 radical (unpaired) electrons. The van der Waals surface area contributed by atoms with Gasteiger partial charge in [-0.15, -0.1) is 0 Å². The topological polar surface area (TPSA) is 21.3 Å². The van der Waals surface area contributed by atoms with E-state index in [4.69, 9.17) is 4.74 Å². The van der Waals surface area contributed by atoms with Gasteiger partial charge in [-0.25, -0.2) is 0 Å². The first-order valence-corrected chi connectivity index (χ1v) is 9.57. The zero-order valence-corrected chi connectivity index (χ0v) is 15.1. The molecule has 0 amide bonds. The van der Waals surface area contributed by atoms with Gasteiger partial charge in [-0.3, -0.25) is 0 Å². The van der Waals surface area contributed by atoms with Crippen molar-refractivity contribution in [2.75, 3.05) is 20.3 Å². The maximum Gasteiger partial charge on any atom is 0.0477 e. The average Bonchev–Trinajstić information content (AvgIpc) is 2.51. The van der Waals surface area contributed by atoms with Gasteiger partial charge in [0, 0.05) is 19.8 Å². The summed E-state index contributed by atoms with van der Waals surface area (Å²) in [5.41, 5.74) is 0. The average molecular weight is 300 g/mol. The predicted octanol–water partition coefficient (Wildman–Crippen LogP) is 5.70. The summed E-state index contributed by atoms with van der Waals surface area (Å²) in [6, 6.07) is 0.666. The van der Waals surface area contributed by atoms with Crippen LogP contribution in [0.15, 0.2) is 0 Å². The molecule has 128 valence electrons. The van der Waals surface area contributed by atoms with Gasteiger partial charge >= 0.3 is 0 Å². The standard InChI is InChI=1S/C19H41NO/c1-4-6-7-8-9-10-11-12-13-14-15-19(16-18-21-3)20-17-5-2/h19-20H,4-18H2,1-3H3. The Morgan fingerprint density at radius 3 is 1.81 bits per heavy atom. The predicted molar refractivity (Wildman–Crippen MR) is 95.0 cm³/mol. The van der Waals surface area contributed by atoms with E-state index in [-0.39, 0.29) is 0 Å². The van der Waals surface area contributed by atoms with Crippen LogP contribution in [0.4, 0.5) is 0 Å². The minimum Gasteiger partial charge on any atom is -0.385 e. The van der Waals surface area contributed by atoms with Crippen molar-refractivity contribution in [2.45, 2.75) is 103 Å². The van der Waals surface area contributed by atoms with Gasteiger partial charge in [0.05, 0.1) is 0 Å². The highest BCUT2D eigenvalue weighted by Crippen LogP contribution is 2.12. The number of hydrogen-bond acceptors (Lipinski definition) is 2. The Morgan fingerprint density at radius 1 is 0.714 bits per heavy atom. The molecule has 2 nitrogen and oxygen atoms in total. The molecule has 1 unspecified atom stereocenters. The summed E-state index contributed by atoms with van der Waals surface area (Å²) in [7, 11) is 1.80. The van der Waals surface area contributed by atoms with Crippen LogP contribution in [0, 0.1) is 0 Å². The number of rotatable bonds is 17. The minimum absolute atomic E-state index is 0.666. The van der Waals surface area contributed by atoms with Gasteiger partial charge in [0.2, 0.25) is 0 Å². The molecule has 1 N–H and O–H groups in total. The molecule has 0 heterocycles. The van der Waals surface area contributed by atoms with Crippen molar-refractivity contribution in [1.29, 1.82) is 0 Å². The summed E-state index contributed by atoms with van der Waals surface area (Å²) in [6.07, 6.45) is 17.9. The van der Waals surface area contributed by atoms with Crippen molar-refractivity contribution in [3.63, 3.8) is 0 Å². The highest BCUT2D eigenvalue weighted by Gasteiger charge is 2.06. The highest BCUT2D eigenvalue weighted by atomic mass is 16.5. The van der Waals surface area contributed by atoms with E-state index in [0.29, 0.717) is 6.04 Å². The summed E-state index contributed by atoms with van der Waals surface area (Å²) in [6.45, 7) is 6.56. The first kappa shape index (κ1) is 20.9. The van der Waals surface area contributed by atoms with E-state index in [1.165, 1.54) is 77.0 Å². The van der Waals surface area contributed by atoms with Crippen molar-refractivity contribution in [3.05, 3.63) is 0 Å². The van der Waals surface area contributed by atoms with Crippen LogP contribution in [0.3, 0.4) is 0 Å². The van der Waals surface area contributed by atoms with E-state index < -0.39 is 0 Å². The maximum absolute atomic E-state index is 5.21. The summed E-state index contributed by atoms with van der Waals surface area (Å²) in [5, 5.41) is 3.65. The van der Waals surface area contributed by atoms with E-state index in [1.54, 1.807) is 7.11 Å². The Labute approximate surface area is 134 Å². The molecule has 0 fully saturated rings. The zero-order chi connectivity index (χ0) is 15.6. The van der Waals surface area contributed by atoms with Gasteiger partial charge in [-0.1, -0.05) is 78.1 Å². The molecule has 0 saturated carbocycles. The van der Waals surface area contributed by atoms with Gasteiger partial charge < -0.3 is 10.1 Å². The summed E-state index contributed by atoms with van der Waals surface area (Å²) in [4.78, 5) is 0. The number of ether oxygens (including phenoxy) is 1. The van der Waals surface area contributed by atoms with Crippen molar-refractivity contribution in [2.24, 2.45) is 0 Å². The fourth-order valence-corrected chi connectivity index (χ4v) is 2.84. The van der Waals surface area contributed by atoms with E-state index in [0.717, 1.165) is 19.6 Å². The van der Waals surface area contributed by atoms with Crippen LogP contribution in [-0.2, 0) is 4.74 Å². The second-order valence-corrected chi connectivity index (χ2v) is 6.40. The van der Waals surface area contributed by atoms with Crippen LogP contribution in [-0.4, -0.2) is 26.3 Å². The summed E-state index contributed by atoms with van der Waals surface area (Å²) >= 11 is 0. The lowest BCUT2D eigenvalue weighted by Gasteiger charge is -2.18. The zero-order valence-electron chi connectivity index (χ0n) is 15.1. The molecule has 0 aromatic carbocycles. The Kier molecular flexibility index (Phi) is 17.9. The van der Waals surface area contributed by atoms with E-state index in [1.807, 2.05) is 0 Å². The van der Waals surface area contributed by atoms with Gasteiger partial charge in [0.25, 0.3) is 0 Å². The van der Waals surface area contributed by atoms with Crippen LogP contribution in [0.1, 0.15) is 97.3 Å². The second kappa shape index (κ2) is 18.0. The van der Waals surface area contributed by atoms with E-state index in [9.17, 15) is 0 Å². The molecular formula is C19H41NO. The number of unbranched alkanes of at least 4 members (excludes halogenated alkanes) is 9. The number of hydrogen-bond donors (Lipinski definition) is 1. The molecule has 0 aromatic rings. The molecule has 1 atom stereocenters. The number of nitrogens with one attached hydrogen (secondary N) is 1. The van der Waals surface area contributed by atoms with Crippen LogP contribution in [0.25, 0.3) is 0 Å². The van der Waals surface area contributed by atoms with Crippen LogP contribution in [0.5, 0.6) is 0 Å². The molecule has 2 heteroatoms. The second-order valence-electron chi connectivity index (χ2n) is 6.40. The molecule has 0 rings (SSSR count). The molecule has 0 bridgehead atoms. The molecule has 21 heavy (non-hydrogen) atoms. The third-order valence-electron chi connectivity index (χ3n) is 4.26. The largest absolute Gasteiger partial charge is 0.385 e. The van der Waals surface area contributed by atoms with Crippen LogP contribution < -0.4 is 5.32 Å². The van der Waals surface area contributed by atoms with Crippen LogP contribution >= 0.6 is 0 Å². The van der Waals surface area contributed by atoms with Crippen molar-refractivity contribution >= 4 is 0 Å². The quantitative estimate of drug-likeness (QED) is 0.348. The molecule has 0 aliphatic carbocycles. The first-order valence-electron chi connectivity index (χ1n) is 9.57.